The van der Waals surface area contributed by atoms with E-state index in [1.807, 2.05) is 6.20 Å². The highest BCUT2D eigenvalue weighted by atomic mass is 14.7. The van der Waals surface area contributed by atoms with Crippen LogP contribution in [-0.2, 0) is 12.8 Å². The standard InChI is InChI=1S/C17H28N2/c1-3-13-5-8-15(9-6-13)17(18)11-16-10-7-14(4-2)12-19-16/h7,10,12-13,15,17H,3-6,8-9,11,18H2,1-2H3. The molecule has 0 aliphatic heterocycles. The van der Waals surface area contributed by atoms with Gasteiger partial charge in [0.25, 0.3) is 0 Å². The largest absolute Gasteiger partial charge is 0.327 e. The van der Waals surface area contributed by atoms with Crippen LogP contribution in [0.1, 0.15) is 57.2 Å². The summed E-state index contributed by atoms with van der Waals surface area (Å²) in [4.78, 5) is 4.54. The Labute approximate surface area is 117 Å². The Morgan fingerprint density at radius 3 is 2.47 bits per heavy atom. The second-order valence-corrected chi connectivity index (χ2v) is 6.07. The van der Waals surface area contributed by atoms with Crippen LogP contribution in [0.25, 0.3) is 0 Å². The fourth-order valence-electron chi connectivity index (χ4n) is 3.22. The molecule has 1 aromatic rings. The van der Waals surface area contributed by atoms with Crippen LogP contribution in [0.4, 0.5) is 0 Å². The van der Waals surface area contributed by atoms with E-state index in [4.69, 9.17) is 5.73 Å². The molecule has 0 amide bonds. The van der Waals surface area contributed by atoms with Crippen LogP contribution in [0.5, 0.6) is 0 Å². The minimum Gasteiger partial charge on any atom is -0.327 e. The number of aromatic nitrogens is 1. The van der Waals surface area contributed by atoms with Gasteiger partial charge in [-0.3, -0.25) is 4.98 Å². The van der Waals surface area contributed by atoms with Crippen molar-refractivity contribution in [3.05, 3.63) is 29.6 Å². The zero-order valence-corrected chi connectivity index (χ0v) is 12.4. The Morgan fingerprint density at radius 1 is 1.21 bits per heavy atom. The molecule has 1 heterocycles. The second-order valence-electron chi connectivity index (χ2n) is 6.07. The van der Waals surface area contributed by atoms with Crippen molar-refractivity contribution in [1.29, 1.82) is 0 Å². The summed E-state index contributed by atoms with van der Waals surface area (Å²) in [5.41, 5.74) is 8.86. The highest BCUT2D eigenvalue weighted by Gasteiger charge is 2.24. The summed E-state index contributed by atoms with van der Waals surface area (Å²) in [5, 5.41) is 0. The van der Waals surface area contributed by atoms with Crippen LogP contribution in [0.15, 0.2) is 18.3 Å². The van der Waals surface area contributed by atoms with Gasteiger partial charge >= 0.3 is 0 Å². The van der Waals surface area contributed by atoms with Gasteiger partial charge in [-0.05, 0) is 42.7 Å². The smallest absolute Gasteiger partial charge is 0.0419 e. The Balaban J connectivity index is 1.84. The van der Waals surface area contributed by atoms with Gasteiger partial charge in [-0.1, -0.05) is 39.2 Å². The molecule has 0 saturated heterocycles. The zero-order valence-electron chi connectivity index (χ0n) is 12.4. The summed E-state index contributed by atoms with van der Waals surface area (Å²) >= 11 is 0. The maximum Gasteiger partial charge on any atom is 0.0419 e. The normalized spacial score (nSPS) is 25.2. The van der Waals surface area contributed by atoms with Gasteiger partial charge in [-0.2, -0.15) is 0 Å². The molecule has 1 fully saturated rings. The molecular weight excluding hydrogens is 232 g/mol. The fraction of sp³-hybridized carbons (Fsp3) is 0.706. The molecule has 2 nitrogen and oxygen atoms in total. The van der Waals surface area contributed by atoms with E-state index in [-0.39, 0.29) is 6.04 Å². The molecule has 2 N–H and O–H groups in total. The van der Waals surface area contributed by atoms with Gasteiger partial charge in [0.05, 0.1) is 0 Å². The number of pyridine rings is 1. The van der Waals surface area contributed by atoms with Gasteiger partial charge in [-0.25, -0.2) is 0 Å². The number of nitrogens with two attached hydrogens (primary N) is 1. The van der Waals surface area contributed by atoms with Crippen LogP contribution in [0, 0.1) is 11.8 Å². The van der Waals surface area contributed by atoms with E-state index in [1.54, 1.807) is 0 Å². The first-order valence-corrected chi connectivity index (χ1v) is 7.92. The quantitative estimate of drug-likeness (QED) is 0.876. The molecule has 106 valence electrons. The van der Waals surface area contributed by atoms with E-state index in [1.165, 1.54) is 37.7 Å². The average Bonchev–Trinajstić information content (AvgIpc) is 2.48. The first-order chi connectivity index (χ1) is 9.22. The maximum atomic E-state index is 6.40. The zero-order chi connectivity index (χ0) is 13.7. The third kappa shape index (κ3) is 4.04. The van der Waals surface area contributed by atoms with Crippen molar-refractivity contribution < 1.29 is 0 Å². The van der Waals surface area contributed by atoms with E-state index in [2.05, 4.69) is 31.0 Å². The van der Waals surface area contributed by atoms with Crippen molar-refractivity contribution >= 4 is 0 Å². The van der Waals surface area contributed by atoms with Gasteiger partial charge < -0.3 is 5.73 Å². The Kier molecular flexibility index (Phi) is 5.38. The Morgan fingerprint density at radius 2 is 1.95 bits per heavy atom. The molecule has 1 saturated carbocycles. The van der Waals surface area contributed by atoms with Crippen LogP contribution < -0.4 is 5.73 Å². The molecular formula is C17H28N2. The van der Waals surface area contributed by atoms with Crippen LogP contribution in [0.2, 0.25) is 0 Å². The van der Waals surface area contributed by atoms with Crippen molar-refractivity contribution in [3.63, 3.8) is 0 Å². The minimum absolute atomic E-state index is 0.290. The van der Waals surface area contributed by atoms with Gasteiger partial charge in [-0.15, -0.1) is 0 Å². The highest BCUT2D eigenvalue weighted by molar-refractivity contribution is 5.14. The summed E-state index contributed by atoms with van der Waals surface area (Å²) < 4.78 is 0. The molecule has 0 aromatic carbocycles. The molecule has 1 aliphatic carbocycles. The first-order valence-electron chi connectivity index (χ1n) is 7.92. The number of hydrogen-bond donors (Lipinski definition) is 1. The average molecular weight is 260 g/mol. The lowest BCUT2D eigenvalue weighted by Gasteiger charge is -2.31. The molecule has 19 heavy (non-hydrogen) atoms. The van der Waals surface area contributed by atoms with E-state index in [0.29, 0.717) is 5.92 Å². The Bertz CT molecular complexity index is 363. The lowest BCUT2D eigenvalue weighted by Crippen LogP contribution is -2.35. The van der Waals surface area contributed by atoms with Crippen LogP contribution in [-0.4, -0.2) is 11.0 Å². The van der Waals surface area contributed by atoms with Crippen molar-refractivity contribution in [1.82, 2.24) is 4.98 Å². The van der Waals surface area contributed by atoms with Gasteiger partial charge in [0, 0.05) is 24.4 Å². The lowest BCUT2D eigenvalue weighted by molar-refractivity contribution is 0.237. The molecule has 2 rings (SSSR count). The summed E-state index contributed by atoms with van der Waals surface area (Å²) in [7, 11) is 0. The van der Waals surface area contributed by atoms with Crippen molar-refractivity contribution in [3.8, 4) is 0 Å². The number of nitrogens with zero attached hydrogens (tertiary/aromatic N) is 1. The predicted octanol–water partition coefficient (Wildman–Crippen LogP) is 3.73. The molecule has 0 radical (unpaired) electrons. The van der Waals surface area contributed by atoms with Gasteiger partial charge in [0.2, 0.25) is 0 Å². The van der Waals surface area contributed by atoms with Gasteiger partial charge in [0.1, 0.15) is 0 Å². The number of rotatable bonds is 5. The lowest BCUT2D eigenvalue weighted by atomic mass is 9.77. The van der Waals surface area contributed by atoms with Crippen LogP contribution >= 0.6 is 0 Å². The summed E-state index contributed by atoms with van der Waals surface area (Å²) in [6, 6.07) is 4.62. The number of aryl methyl sites for hydroxylation is 1. The molecule has 1 aromatic heterocycles. The second kappa shape index (κ2) is 7.04. The molecule has 1 atom stereocenters. The molecule has 1 aliphatic rings. The molecule has 1 unspecified atom stereocenters. The molecule has 0 spiro atoms. The molecule has 0 bridgehead atoms. The fourth-order valence-corrected chi connectivity index (χ4v) is 3.22. The molecule has 2 heteroatoms. The van der Waals surface area contributed by atoms with E-state index < -0.39 is 0 Å². The third-order valence-corrected chi connectivity index (χ3v) is 4.81. The topological polar surface area (TPSA) is 38.9 Å². The van der Waals surface area contributed by atoms with E-state index in [9.17, 15) is 0 Å². The number of hydrogen-bond acceptors (Lipinski definition) is 2. The van der Waals surface area contributed by atoms with Crippen molar-refractivity contribution in [2.45, 2.75) is 64.8 Å². The summed E-state index contributed by atoms with van der Waals surface area (Å²) in [6.45, 7) is 4.47. The summed E-state index contributed by atoms with van der Waals surface area (Å²) in [6.07, 6.45) is 10.7. The predicted molar refractivity (Wildman–Crippen MR) is 81.0 cm³/mol. The van der Waals surface area contributed by atoms with Crippen LogP contribution in [0.3, 0.4) is 0 Å². The van der Waals surface area contributed by atoms with Gasteiger partial charge in [0.15, 0.2) is 0 Å². The SMILES string of the molecule is CCc1ccc(CC(N)C2CCC(CC)CC2)nc1. The van der Waals surface area contributed by atoms with E-state index in [0.717, 1.165) is 24.5 Å². The third-order valence-electron chi connectivity index (χ3n) is 4.81. The van der Waals surface area contributed by atoms with Crippen molar-refractivity contribution in [2.24, 2.45) is 17.6 Å². The monoisotopic (exact) mass is 260 g/mol. The Hall–Kier alpha value is -0.890. The minimum atomic E-state index is 0.290. The van der Waals surface area contributed by atoms with E-state index >= 15 is 0 Å². The van der Waals surface area contributed by atoms with Crippen molar-refractivity contribution in [2.75, 3.05) is 0 Å². The maximum absolute atomic E-state index is 6.40. The highest BCUT2D eigenvalue weighted by Crippen LogP contribution is 2.32. The summed E-state index contributed by atoms with van der Waals surface area (Å²) in [5.74, 6) is 1.65. The first kappa shape index (κ1) is 14.5.